The fourth-order valence-corrected chi connectivity index (χ4v) is 4.05. The maximum Gasteiger partial charge on any atom is 0.248 e. The number of ketones is 1. The van der Waals surface area contributed by atoms with E-state index in [1.165, 1.54) is 11.9 Å². The number of hydrogen-bond acceptors (Lipinski definition) is 4. The topological polar surface area (TPSA) is 60.1 Å². The molecule has 0 bridgehead atoms. The number of Topliss-reactive ketones (excluding diaryl/α,β-unsaturated/α-hetero) is 1. The van der Waals surface area contributed by atoms with Gasteiger partial charge >= 0.3 is 0 Å². The molecule has 1 saturated carbocycles. The summed E-state index contributed by atoms with van der Waals surface area (Å²) < 4.78 is 1.80. The Bertz CT molecular complexity index is 988. The summed E-state index contributed by atoms with van der Waals surface area (Å²) in [5.41, 5.74) is 4.37. The molecule has 5 nitrogen and oxygen atoms in total. The van der Waals surface area contributed by atoms with Crippen LogP contribution >= 0.6 is 0 Å². The number of hydrogen-bond donors (Lipinski definition) is 0. The highest BCUT2D eigenvalue weighted by molar-refractivity contribution is 6.09. The minimum atomic E-state index is -0.222. The highest BCUT2D eigenvalue weighted by Gasteiger charge is 2.41. The number of nitrogens with zero attached hydrogens (tertiary/aromatic N) is 4. The molecule has 5 rings (SSSR count). The Hall–Kier alpha value is -3.08. The Balaban J connectivity index is 1.58. The molecule has 2 aromatic carbocycles. The highest BCUT2D eigenvalue weighted by atomic mass is 16.1. The number of benzene rings is 2. The lowest BCUT2D eigenvalue weighted by Crippen LogP contribution is -2.39. The summed E-state index contributed by atoms with van der Waals surface area (Å²) in [6.07, 6.45) is 3.88. The van der Waals surface area contributed by atoms with E-state index < -0.39 is 0 Å². The summed E-state index contributed by atoms with van der Waals surface area (Å²) in [7, 11) is 0. The third-order valence-corrected chi connectivity index (χ3v) is 5.30. The van der Waals surface area contributed by atoms with Gasteiger partial charge in [0.05, 0.1) is 12.0 Å². The minimum absolute atomic E-state index is 0.155. The molecule has 0 N–H and O–H groups in total. The summed E-state index contributed by atoms with van der Waals surface area (Å²) in [5, 5.41) is 4.37. The van der Waals surface area contributed by atoms with Crippen LogP contribution in [0.2, 0.25) is 0 Å². The van der Waals surface area contributed by atoms with Crippen LogP contribution in [0, 0.1) is 5.92 Å². The quantitative estimate of drug-likeness (QED) is 0.707. The van der Waals surface area contributed by atoms with Crippen LogP contribution in [0.3, 0.4) is 0 Å². The van der Waals surface area contributed by atoms with Gasteiger partial charge in [-0.2, -0.15) is 10.1 Å². The second-order valence-corrected chi connectivity index (χ2v) is 6.84. The van der Waals surface area contributed by atoms with Crippen molar-refractivity contribution in [2.24, 2.45) is 10.9 Å². The summed E-state index contributed by atoms with van der Waals surface area (Å²) in [4.78, 5) is 21.6. The molecule has 128 valence electrons. The lowest BCUT2D eigenvalue weighted by molar-refractivity contribution is -0.122. The summed E-state index contributed by atoms with van der Waals surface area (Å²) >= 11 is 0. The molecule has 1 fully saturated rings. The van der Waals surface area contributed by atoms with E-state index >= 15 is 0 Å². The van der Waals surface area contributed by atoms with Crippen molar-refractivity contribution in [3.8, 4) is 11.1 Å². The fraction of sp³-hybridized carbons (Fsp3) is 0.238. The van der Waals surface area contributed by atoms with E-state index in [0.717, 1.165) is 29.7 Å². The molecule has 26 heavy (non-hydrogen) atoms. The van der Waals surface area contributed by atoms with Crippen molar-refractivity contribution in [3.63, 3.8) is 0 Å². The van der Waals surface area contributed by atoms with Crippen LogP contribution in [0.15, 0.2) is 65.9 Å². The number of fused-ring (bicyclic) bond motifs is 2. The fourth-order valence-electron chi connectivity index (χ4n) is 4.05. The summed E-state index contributed by atoms with van der Waals surface area (Å²) in [6.45, 7) is 0. The first-order valence-electron chi connectivity index (χ1n) is 8.96. The molecule has 2 unspecified atom stereocenters. The Morgan fingerprint density at radius 3 is 2.50 bits per heavy atom. The van der Waals surface area contributed by atoms with Crippen molar-refractivity contribution in [2.45, 2.75) is 25.3 Å². The van der Waals surface area contributed by atoms with Crippen molar-refractivity contribution in [1.29, 1.82) is 0 Å². The normalized spacial score (nSPS) is 21.7. The van der Waals surface area contributed by atoms with Crippen molar-refractivity contribution in [3.05, 3.63) is 66.5 Å². The average Bonchev–Trinajstić information content (AvgIpc) is 3.16. The highest BCUT2D eigenvalue weighted by Crippen LogP contribution is 2.39. The zero-order chi connectivity index (χ0) is 17.5. The molecule has 0 spiro atoms. The SMILES string of the molecule is O=C1CCCC2=Nc3ncnn3C(c3ccc(-c4ccccc4)cc3)C12. The lowest BCUT2D eigenvalue weighted by atomic mass is 9.77. The molecular formula is C21H18N4O. The number of carbonyl (C=O) groups is 1. The number of aromatic nitrogens is 3. The average molecular weight is 342 g/mol. The first-order valence-corrected chi connectivity index (χ1v) is 8.96. The van der Waals surface area contributed by atoms with Gasteiger partial charge in [-0.05, 0) is 29.5 Å². The summed E-state index contributed by atoms with van der Waals surface area (Å²) in [5.74, 6) is 0.636. The number of rotatable bonds is 2. The van der Waals surface area contributed by atoms with Gasteiger partial charge in [-0.25, -0.2) is 9.67 Å². The monoisotopic (exact) mass is 342 g/mol. The smallest absolute Gasteiger partial charge is 0.248 e. The van der Waals surface area contributed by atoms with E-state index in [1.807, 2.05) is 18.2 Å². The molecule has 1 aliphatic heterocycles. The number of carbonyl (C=O) groups excluding carboxylic acids is 1. The van der Waals surface area contributed by atoms with E-state index in [1.54, 1.807) is 4.68 Å². The largest absolute Gasteiger partial charge is 0.299 e. The van der Waals surface area contributed by atoms with Gasteiger partial charge in [0.2, 0.25) is 5.95 Å². The Morgan fingerprint density at radius 1 is 0.923 bits per heavy atom. The van der Waals surface area contributed by atoms with Crippen LogP contribution < -0.4 is 0 Å². The molecule has 0 radical (unpaired) electrons. The first kappa shape index (κ1) is 15.2. The zero-order valence-electron chi connectivity index (χ0n) is 14.2. The Labute approximate surface area is 151 Å². The maximum absolute atomic E-state index is 12.7. The Kier molecular flexibility index (Phi) is 3.52. The molecule has 2 aliphatic rings. The van der Waals surface area contributed by atoms with Gasteiger partial charge in [-0.3, -0.25) is 4.79 Å². The summed E-state index contributed by atoms with van der Waals surface area (Å²) in [6, 6.07) is 18.6. The van der Waals surface area contributed by atoms with E-state index in [0.29, 0.717) is 12.4 Å². The van der Waals surface area contributed by atoms with Crippen molar-refractivity contribution < 1.29 is 4.79 Å². The van der Waals surface area contributed by atoms with E-state index in [9.17, 15) is 4.79 Å². The second-order valence-electron chi connectivity index (χ2n) is 6.84. The molecule has 3 aromatic rings. The second kappa shape index (κ2) is 6.02. The van der Waals surface area contributed by atoms with Gasteiger partial charge in [0, 0.05) is 12.1 Å². The van der Waals surface area contributed by atoms with E-state index in [-0.39, 0.29) is 17.7 Å². The zero-order valence-corrected chi connectivity index (χ0v) is 14.2. The first-order chi connectivity index (χ1) is 12.8. The molecule has 1 aliphatic carbocycles. The molecular weight excluding hydrogens is 324 g/mol. The standard InChI is InChI=1S/C21H18N4O/c26-18-8-4-7-17-19(18)20(25-21(24-17)22-13-23-25)16-11-9-15(10-12-16)14-5-2-1-3-6-14/h1-3,5-6,9-13,19-20H,4,7-8H2. The molecule has 0 saturated heterocycles. The minimum Gasteiger partial charge on any atom is -0.299 e. The molecule has 0 amide bonds. The van der Waals surface area contributed by atoms with Gasteiger partial charge in [0.1, 0.15) is 12.1 Å². The molecule has 5 heteroatoms. The van der Waals surface area contributed by atoms with Gasteiger partial charge in [0.15, 0.2) is 0 Å². The predicted molar refractivity (Wildman–Crippen MR) is 99.5 cm³/mol. The lowest BCUT2D eigenvalue weighted by Gasteiger charge is -2.34. The van der Waals surface area contributed by atoms with E-state index in [2.05, 4.69) is 51.5 Å². The Morgan fingerprint density at radius 2 is 1.69 bits per heavy atom. The predicted octanol–water partition coefficient (Wildman–Crippen LogP) is 3.99. The van der Waals surface area contributed by atoms with Crippen LogP contribution in [0.5, 0.6) is 0 Å². The van der Waals surface area contributed by atoms with E-state index in [4.69, 9.17) is 0 Å². The van der Waals surface area contributed by atoms with Crippen LogP contribution in [0.1, 0.15) is 30.9 Å². The molecule has 1 aromatic heterocycles. The van der Waals surface area contributed by atoms with Crippen LogP contribution in [-0.4, -0.2) is 26.3 Å². The number of aliphatic imine (C=N–C) groups is 1. The van der Waals surface area contributed by atoms with Crippen LogP contribution in [0.4, 0.5) is 5.95 Å². The van der Waals surface area contributed by atoms with Gasteiger partial charge in [-0.15, -0.1) is 0 Å². The van der Waals surface area contributed by atoms with Crippen molar-refractivity contribution >= 4 is 17.4 Å². The van der Waals surface area contributed by atoms with Gasteiger partial charge in [-0.1, -0.05) is 54.6 Å². The third kappa shape index (κ3) is 2.39. The van der Waals surface area contributed by atoms with Crippen molar-refractivity contribution in [2.75, 3.05) is 0 Å². The van der Waals surface area contributed by atoms with Crippen LogP contribution in [0.25, 0.3) is 11.1 Å². The van der Waals surface area contributed by atoms with Crippen molar-refractivity contribution in [1.82, 2.24) is 14.8 Å². The third-order valence-electron chi connectivity index (χ3n) is 5.30. The van der Waals surface area contributed by atoms with Gasteiger partial charge < -0.3 is 0 Å². The molecule has 2 heterocycles. The molecule has 2 atom stereocenters. The van der Waals surface area contributed by atoms with Gasteiger partial charge in [0.25, 0.3) is 0 Å². The maximum atomic E-state index is 12.7. The van der Waals surface area contributed by atoms with Crippen LogP contribution in [-0.2, 0) is 4.79 Å².